The molecule has 0 saturated carbocycles. The minimum absolute atomic E-state index is 0.0114. The fraction of sp³-hybridized carbons (Fsp3) is 0.364. The van der Waals surface area contributed by atoms with Crippen LogP contribution in [-0.2, 0) is 18.2 Å². The highest BCUT2D eigenvalue weighted by Gasteiger charge is 2.23. The Morgan fingerprint density at radius 2 is 2.25 bits per heavy atom. The summed E-state index contributed by atoms with van der Waals surface area (Å²) in [6, 6.07) is 3.87. The third kappa shape index (κ3) is 3.98. The smallest absolute Gasteiger partial charge is 0.254 e. The van der Waals surface area contributed by atoms with E-state index in [1.165, 1.54) is 11.3 Å². The van der Waals surface area contributed by atoms with Crippen molar-refractivity contribution in [2.45, 2.75) is 18.9 Å². The van der Waals surface area contributed by atoms with Gasteiger partial charge in [0.05, 0.1) is 36.2 Å². The van der Waals surface area contributed by atoms with Crippen LogP contribution in [0.15, 0.2) is 36.1 Å². The molecule has 10 heteroatoms. The van der Waals surface area contributed by atoms with Gasteiger partial charge in [-0.25, -0.2) is 4.98 Å². The number of hydrogen-bond acceptors (Lipinski definition) is 7. The average Bonchev–Trinajstić information content (AvgIpc) is 3.54. The summed E-state index contributed by atoms with van der Waals surface area (Å²) in [5, 5.41) is 6.16. The lowest BCUT2D eigenvalue weighted by Crippen LogP contribution is -2.20. The van der Waals surface area contributed by atoms with Gasteiger partial charge in [-0.05, 0) is 12.1 Å². The first-order valence-electron chi connectivity index (χ1n) is 10.4. The van der Waals surface area contributed by atoms with E-state index < -0.39 is 0 Å². The number of nitrogens with zero attached hydrogens (tertiary/aromatic N) is 6. The molecule has 0 bridgehead atoms. The van der Waals surface area contributed by atoms with Crippen LogP contribution in [0.1, 0.15) is 27.5 Å². The van der Waals surface area contributed by atoms with Crippen molar-refractivity contribution < 1.29 is 14.3 Å². The minimum Gasteiger partial charge on any atom is -0.470 e. The highest BCUT2D eigenvalue weighted by molar-refractivity contribution is 7.10. The zero-order valence-electron chi connectivity index (χ0n) is 18.2. The highest BCUT2D eigenvalue weighted by Crippen LogP contribution is 2.29. The Kier molecular flexibility index (Phi) is 5.40. The van der Waals surface area contributed by atoms with Gasteiger partial charge in [-0.1, -0.05) is 0 Å². The number of aromatic nitrogens is 5. The normalized spacial score (nSPS) is 16.0. The van der Waals surface area contributed by atoms with Crippen LogP contribution < -0.4 is 4.74 Å². The van der Waals surface area contributed by atoms with Crippen LogP contribution in [0.4, 0.5) is 0 Å². The molecule has 166 valence electrons. The number of amides is 1. The summed E-state index contributed by atoms with van der Waals surface area (Å²) in [7, 11) is 5.38. The van der Waals surface area contributed by atoms with Crippen LogP contribution >= 0.6 is 11.3 Å². The Morgan fingerprint density at radius 1 is 1.38 bits per heavy atom. The maximum atomic E-state index is 12.2. The minimum atomic E-state index is -0.0377. The molecule has 4 aromatic rings. The second kappa shape index (κ2) is 8.36. The van der Waals surface area contributed by atoms with Gasteiger partial charge in [0.25, 0.3) is 5.91 Å². The van der Waals surface area contributed by atoms with Crippen molar-refractivity contribution in [3.05, 3.63) is 52.4 Å². The molecule has 4 aromatic heterocycles. The molecule has 1 aliphatic rings. The molecule has 5 rings (SSSR count). The van der Waals surface area contributed by atoms with Crippen molar-refractivity contribution >= 4 is 28.3 Å². The highest BCUT2D eigenvalue weighted by atomic mass is 32.1. The van der Waals surface area contributed by atoms with Gasteiger partial charge in [0, 0.05) is 56.6 Å². The van der Waals surface area contributed by atoms with Crippen LogP contribution in [-0.4, -0.2) is 68.5 Å². The molecule has 0 aliphatic carbocycles. The van der Waals surface area contributed by atoms with Gasteiger partial charge >= 0.3 is 0 Å². The molecule has 1 atom stereocenters. The maximum absolute atomic E-state index is 12.2. The van der Waals surface area contributed by atoms with Crippen molar-refractivity contribution in [1.82, 2.24) is 29.2 Å². The molecule has 1 aliphatic heterocycles. The van der Waals surface area contributed by atoms with E-state index in [-0.39, 0.29) is 12.0 Å². The summed E-state index contributed by atoms with van der Waals surface area (Å²) >= 11 is 1.53. The van der Waals surface area contributed by atoms with E-state index in [1.54, 1.807) is 29.9 Å². The molecule has 1 amide bonds. The van der Waals surface area contributed by atoms with E-state index >= 15 is 0 Å². The van der Waals surface area contributed by atoms with Crippen molar-refractivity contribution in [3.8, 4) is 11.6 Å². The standard InChI is InChI=1S/C22H24N6O3S/c1-26(2)22(29)14-8-17(32-13-14)9-19-24-18-4-6-28(15-10-23-27(3)11-15)20(18)21(25-19)31-16-5-7-30-12-16/h4,6,8,10-11,13,16H,5,7,9,12H2,1-3H3/t16-/m0/s1. The molecule has 1 fully saturated rings. The van der Waals surface area contributed by atoms with Gasteiger partial charge in [0.2, 0.25) is 5.88 Å². The average molecular weight is 453 g/mol. The van der Waals surface area contributed by atoms with E-state index in [0.717, 1.165) is 28.0 Å². The van der Waals surface area contributed by atoms with Gasteiger partial charge in [0.1, 0.15) is 17.4 Å². The van der Waals surface area contributed by atoms with Crippen LogP contribution in [0.2, 0.25) is 0 Å². The number of carbonyl (C=O) groups is 1. The van der Waals surface area contributed by atoms with Gasteiger partial charge < -0.3 is 18.9 Å². The lowest BCUT2D eigenvalue weighted by Gasteiger charge is -2.14. The van der Waals surface area contributed by atoms with Crippen molar-refractivity contribution in [2.75, 3.05) is 27.3 Å². The molecule has 9 nitrogen and oxygen atoms in total. The third-order valence-electron chi connectivity index (χ3n) is 5.32. The SMILES string of the molecule is CN(C)C(=O)c1csc(Cc2nc(O[C@H]3CCOC3)c3c(ccn3-c3cnn(C)c3)n2)c1. The van der Waals surface area contributed by atoms with Crippen LogP contribution in [0.3, 0.4) is 0 Å². The second-order valence-electron chi connectivity index (χ2n) is 8.02. The van der Waals surface area contributed by atoms with Crippen molar-refractivity contribution in [2.24, 2.45) is 7.05 Å². The molecular formula is C22H24N6O3S. The Balaban J connectivity index is 1.52. The van der Waals surface area contributed by atoms with E-state index in [9.17, 15) is 4.79 Å². The Morgan fingerprint density at radius 3 is 2.97 bits per heavy atom. The summed E-state index contributed by atoms with van der Waals surface area (Å²) in [4.78, 5) is 24.4. The first-order chi connectivity index (χ1) is 15.5. The third-order valence-corrected chi connectivity index (χ3v) is 6.26. The fourth-order valence-corrected chi connectivity index (χ4v) is 4.59. The monoisotopic (exact) mass is 452 g/mol. The van der Waals surface area contributed by atoms with E-state index in [4.69, 9.17) is 19.4 Å². The quantitative estimate of drug-likeness (QED) is 0.447. The number of hydrogen-bond donors (Lipinski definition) is 0. The molecule has 0 aromatic carbocycles. The van der Waals surface area contributed by atoms with E-state index in [2.05, 4.69) is 5.10 Å². The zero-order valence-corrected chi connectivity index (χ0v) is 19.0. The van der Waals surface area contributed by atoms with Crippen LogP contribution in [0.5, 0.6) is 5.88 Å². The van der Waals surface area contributed by atoms with Crippen LogP contribution in [0.25, 0.3) is 16.7 Å². The number of rotatable bonds is 6. The number of ether oxygens (including phenoxy) is 2. The van der Waals surface area contributed by atoms with Gasteiger partial charge in [-0.3, -0.25) is 9.48 Å². The Bertz CT molecular complexity index is 1270. The van der Waals surface area contributed by atoms with E-state index in [0.29, 0.717) is 36.9 Å². The molecule has 32 heavy (non-hydrogen) atoms. The summed E-state index contributed by atoms with van der Waals surface area (Å²) in [6.07, 6.45) is 7.00. The summed E-state index contributed by atoms with van der Waals surface area (Å²) in [5.41, 5.74) is 3.20. The summed E-state index contributed by atoms with van der Waals surface area (Å²) in [5.74, 6) is 1.18. The lowest BCUT2D eigenvalue weighted by molar-refractivity contribution is 0.0828. The molecule has 0 N–H and O–H groups in total. The first kappa shape index (κ1) is 20.7. The second-order valence-corrected chi connectivity index (χ2v) is 9.01. The molecular weight excluding hydrogens is 428 g/mol. The lowest BCUT2D eigenvalue weighted by atomic mass is 10.2. The van der Waals surface area contributed by atoms with Crippen molar-refractivity contribution in [3.63, 3.8) is 0 Å². The van der Waals surface area contributed by atoms with Gasteiger partial charge in [0.15, 0.2) is 0 Å². The first-order valence-corrected chi connectivity index (χ1v) is 11.3. The Hall–Kier alpha value is -3.24. The topological polar surface area (TPSA) is 87.3 Å². The molecule has 0 radical (unpaired) electrons. The number of aryl methyl sites for hydroxylation is 1. The number of carbonyl (C=O) groups excluding carboxylic acids is 1. The molecule has 0 unspecified atom stereocenters. The summed E-state index contributed by atoms with van der Waals surface area (Å²) in [6.45, 7) is 1.24. The number of thiophene rings is 1. The van der Waals surface area contributed by atoms with E-state index in [1.807, 2.05) is 41.5 Å². The maximum Gasteiger partial charge on any atom is 0.254 e. The predicted molar refractivity (Wildman–Crippen MR) is 121 cm³/mol. The predicted octanol–water partition coefficient (Wildman–Crippen LogP) is 2.68. The molecule has 0 spiro atoms. The molecule has 5 heterocycles. The largest absolute Gasteiger partial charge is 0.470 e. The zero-order chi connectivity index (χ0) is 22.2. The number of fused-ring (bicyclic) bond motifs is 1. The van der Waals surface area contributed by atoms with Crippen molar-refractivity contribution in [1.29, 1.82) is 0 Å². The van der Waals surface area contributed by atoms with Gasteiger partial charge in [-0.15, -0.1) is 11.3 Å². The molecule has 1 saturated heterocycles. The van der Waals surface area contributed by atoms with Gasteiger partial charge in [-0.2, -0.15) is 10.1 Å². The fourth-order valence-electron chi connectivity index (χ4n) is 3.73. The Labute approximate surface area is 189 Å². The van der Waals surface area contributed by atoms with Crippen LogP contribution in [0, 0.1) is 0 Å². The summed E-state index contributed by atoms with van der Waals surface area (Å²) < 4.78 is 15.5.